The predicted molar refractivity (Wildman–Crippen MR) is 118 cm³/mol. The van der Waals surface area contributed by atoms with Crippen molar-refractivity contribution in [1.82, 2.24) is 24.5 Å². The van der Waals surface area contributed by atoms with Crippen LogP contribution < -0.4 is 5.32 Å². The summed E-state index contributed by atoms with van der Waals surface area (Å²) in [6.45, 7) is 6.49. The molecule has 0 saturated heterocycles. The van der Waals surface area contributed by atoms with Crippen molar-refractivity contribution in [2.45, 2.75) is 27.3 Å². The van der Waals surface area contributed by atoms with E-state index in [0.29, 0.717) is 23.9 Å². The van der Waals surface area contributed by atoms with E-state index < -0.39 is 5.97 Å². The van der Waals surface area contributed by atoms with Crippen LogP contribution >= 0.6 is 0 Å². The number of aryl methyl sites for hydroxylation is 2. The molecule has 3 heterocycles. The van der Waals surface area contributed by atoms with Gasteiger partial charge in [0.15, 0.2) is 11.5 Å². The molecule has 0 aliphatic rings. The van der Waals surface area contributed by atoms with Crippen LogP contribution in [0.25, 0.3) is 5.82 Å². The maximum absolute atomic E-state index is 13.3. The Hall–Kier alpha value is -4.01. The largest absolute Gasteiger partial charge is 0.461 e. The lowest BCUT2D eigenvalue weighted by Gasteiger charge is -2.12. The molecule has 0 saturated carbocycles. The molecule has 0 radical (unpaired) electrons. The van der Waals surface area contributed by atoms with Gasteiger partial charge >= 0.3 is 5.97 Å². The summed E-state index contributed by atoms with van der Waals surface area (Å²) in [5.74, 6) is 0.267. The second kappa shape index (κ2) is 9.01. The van der Waals surface area contributed by atoms with E-state index in [2.05, 4.69) is 20.5 Å². The maximum atomic E-state index is 13.3. The molecule has 0 aliphatic heterocycles. The van der Waals surface area contributed by atoms with Crippen molar-refractivity contribution in [3.63, 3.8) is 0 Å². The number of pyridine rings is 1. The zero-order chi connectivity index (χ0) is 22.7. The molecule has 8 nitrogen and oxygen atoms in total. The number of halogens is 1. The first-order chi connectivity index (χ1) is 15.4. The summed E-state index contributed by atoms with van der Waals surface area (Å²) >= 11 is 0. The zero-order valence-electron chi connectivity index (χ0n) is 18.0. The number of nitrogens with one attached hydrogen (secondary N) is 1. The number of hydrogen-bond acceptors (Lipinski definition) is 6. The van der Waals surface area contributed by atoms with Crippen LogP contribution in [0.4, 0.5) is 15.9 Å². The number of benzene rings is 1. The van der Waals surface area contributed by atoms with Gasteiger partial charge in [-0.2, -0.15) is 10.2 Å². The molecule has 9 heteroatoms. The van der Waals surface area contributed by atoms with E-state index in [1.807, 2.05) is 36.7 Å². The minimum Gasteiger partial charge on any atom is -0.461 e. The Morgan fingerprint density at radius 3 is 2.56 bits per heavy atom. The van der Waals surface area contributed by atoms with E-state index in [1.165, 1.54) is 16.8 Å². The van der Waals surface area contributed by atoms with Crippen LogP contribution in [0.2, 0.25) is 0 Å². The van der Waals surface area contributed by atoms with Crippen molar-refractivity contribution in [1.29, 1.82) is 0 Å². The summed E-state index contributed by atoms with van der Waals surface area (Å²) < 4.78 is 21.7. The molecule has 0 atom stereocenters. The summed E-state index contributed by atoms with van der Waals surface area (Å²) in [7, 11) is 0. The van der Waals surface area contributed by atoms with Gasteiger partial charge in [0, 0.05) is 17.6 Å². The van der Waals surface area contributed by atoms with E-state index in [-0.39, 0.29) is 18.1 Å². The third-order valence-corrected chi connectivity index (χ3v) is 4.73. The average molecular weight is 434 g/mol. The Balaban J connectivity index is 1.70. The molecule has 1 aromatic carbocycles. The normalized spacial score (nSPS) is 10.9. The SMILES string of the molecule is CCOC(=O)c1ccn(-c2cc(Cn3nc(C)cc3C)cc(Nc3ccc(F)cc3)n2)n1. The van der Waals surface area contributed by atoms with Crippen LogP contribution in [-0.2, 0) is 11.3 Å². The number of carbonyl (C=O) groups excluding carboxylic acids is 1. The Kier molecular flexibility index (Phi) is 5.98. The molecule has 32 heavy (non-hydrogen) atoms. The fourth-order valence-corrected chi connectivity index (χ4v) is 3.30. The zero-order valence-corrected chi connectivity index (χ0v) is 18.0. The average Bonchev–Trinajstić information content (AvgIpc) is 3.37. The van der Waals surface area contributed by atoms with Crippen LogP contribution in [0.15, 0.2) is 54.7 Å². The third-order valence-electron chi connectivity index (χ3n) is 4.73. The number of rotatable bonds is 7. The van der Waals surface area contributed by atoms with Crippen LogP contribution in [0.1, 0.15) is 34.4 Å². The monoisotopic (exact) mass is 434 g/mol. The highest BCUT2D eigenvalue weighted by Gasteiger charge is 2.13. The minimum atomic E-state index is -0.491. The number of esters is 1. The molecular weight excluding hydrogens is 411 g/mol. The fourth-order valence-electron chi connectivity index (χ4n) is 3.30. The first-order valence-corrected chi connectivity index (χ1v) is 10.2. The molecule has 0 spiro atoms. The number of anilines is 2. The molecule has 0 unspecified atom stereocenters. The first kappa shape index (κ1) is 21.2. The highest BCUT2D eigenvalue weighted by molar-refractivity contribution is 5.87. The van der Waals surface area contributed by atoms with Gasteiger partial charge in [-0.05, 0) is 74.9 Å². The highest BCUT2D eigenvalue weighted by Crippen LogP contribution is 2.20. The second-order valence-electron chi connectivity index (χ2n) is 7.30. The van der Waals surface area contributed by atoms with E-state index >= 15 is 0 Å². The number of ether oxygens (including phenoxy) is 1. The van der Waals surface area contributed by atoms with Crippen LogP contribution in [-0.4, -0.2) is 37.1 Å². The number of aromatic nitrogens is 5. The van der Waals surface area contributed by atoms with E-state index in [1.54, 1.807) is 31.3 Å². The van der Waals surface area contributed by atoms with Gasteiger partial charge in [-0.15, -0.1) is 0 Å². The van der Waals surface area contributed by atoms with Gasteiger partial charge in [0.2, 0.25) is 0 Å². The van der Waals surface area contributed by atoms with Gasteiger partial charge in [-0.1, -0.05) is 0 Å². The second-order valence-corrected chi connectivity index (χ2v) is 7.30. The molecule has 1 N–H and O–H groups in total. The summed E-state index contributed by atoms with van der Waals surface area (Å²) in [6, 6.07) is 13.4. The van der Waals surface area contributed by atoms with Gasteiger partial charge in [0.25, 0.3) is 0 Å². The molecule has 0 aliphatic carbocycles. The molecule has 4 aromatic rings. The lowest BCUT2D eigenvalue weighted by atomic mass is 10.2. The Morgan fingerprint density at radius 1 is 1.09 bits per heavy atom. The highest BCUT2D eigenvalue weighted by atomic mass is 19.1. The topological polar surface area (TPSA) is 86.9 Å². The molecule has 164 valence electrons. The van der Waals surface area contributed by atoms with Gasteiger partial charge < -0.3 is 10.1 Å². The standard InChI is InChI=1S/C23H23FN6O2/c1-4-32-23(31)20-9-10-29(28-20)22-13-17(14-30-16(3)11-15(2)27-30)12-21(26-22)25-19-7-5-18(24)6-8-19/h5-13H,4,14H2,1-3H3,(H,25,26). The van der Waals surface area contributed by atoms with E-state index in [4.69, 9.17) is 4.74 Å². The van der Waals surface area contributed by atoms with Crippen molar-refractivity contribution in [3.05, 3.63) is 83.2 Å². The summed E-state index contributed by atoms with van der Waals surface area (Å²) in [4.78, 5) is 16.6. The van der Waals surface area contributed by atoms with Crippen molar-refractivity contribution in [2.24, 2.45) is 0 Å². The lowest BCUT2D eigenvalue weighted by molar-refractivity contribution is 0.0519. The van der Waals surface area contributed by atoms with E-state index in [9.17, 15) is 9.18 Å². The molecule has 0 amide bonds. The predicted octanol–water partition coefficient (Wildman–Crippen LogP) is 4.19. The van der Waals surface area contributed by atoms with Gasteiger partial charge in [-0.25, -0.2) is 18.9 Å². The smallest absolute Gasteiger partial charge is 0.358 e. The number of carbonyl (C=O) groups is 1. The lowest BCUT2D eigenvalue weighted by Crippen LogP contribution is -2.09. The minimum absolute atomic E-state index is 0.200. The van der Waals surface area contributed by atoms with Crippen LogP contribution in [0.5, 0.6) is 0 Å². The number of hydrogen-bond donors (Lipinski definition) is 1. The van der Waals surface area contributed by atoms with Crippen molar-refractivity contribution in [2.75, 3.05) is 11.9 Å². The molecular formula is C23H23FN6O2. The van der Waals surface area contributed by atoms with Crippen LogP contribution in [0, 0.1) is 19.7 Å². The van der Waals surface area contributed by atoms with E-state index in [0.717, 1.165) is 17.0 Å². The number of nitrogens with zero attached hydrogens (tertiary/aromatic N) is 5. The van der Waals surface area contributed by atoms with Gasteiger partial charge in [0.05, 0.1) is 18.8 Å². The molecule has 3 aromatic heterocycles. The summed E-state index contributed by atoms with van der Waals surface area (Å²) in [5, 5.41) is 12.0. The van der Waals surface area contributed by atoms with Crippen molar-refractivity contribution >= 4 is 17.5 Å². The van der Waals surface area contributed by atoms with Gasteiger partial charge in [-0.3, -0.25) is 4.68 Å². The van der Waals surface area contributed by atoms with Crippen molar-refractivity contribution in [3.8, 4) is 5.82 Å². The first-order valence-electron chi connectivity index (χ1n) is 10.2. The maximum Gasteiger partial charge on any atom is 0.358 e. The third kappa shape index (κ3) is 4.83. The molecule has 0 fully saturated rings. The summed E-state index contributed by atoms with van der Waals surface area (Å²) in [5.41, 5.74) is 3.80. The Morgan fingerprint density at radius 2 is 1.88 bits per heavy atom. The Bertz CT molecular complexity index is 1250. The quantitative estimate of drug-likeness (QED) is 0.439. The molecule has 4 rings (SSSR count). The summed E-state index contributed by atoms with van der Waals surface area (Å²) in [6.07, 6.45) is 1.66. The van der Waals surface area contributed by atoms with Crippen LogP contribution in [0.3, 0.4) is 0 Å². The van der Waals surface area contributed by atoms with Crippen molar-refractivity contribution < 1.29 is 13.9 Å². The van der Waals surface area contributed by atoms with Gasteiger partial charge in [0.1, 0.15) is 11.6 Å². The fraction of sp³-hybridized carbons (Fsp3) is 0.217. The molecule has 0 bridgehead atoms. The Labute approximate surface area is 184 Å².